The number of anilines is 1. The zero-order valence-corrected chi connectivity index (χ0v) is 12.5. The number of nitrogens with zero attached hydrogens (tertiary/aromatic N) is 1. The fourth-order valence-electron chi connectivity index (χ4n) is 2.84. The minimum atomic E-state index is -4.70. The van der Waals surface area contributed by atoms with E-state index >= 15 is 0 Å². The highest BCUT2D eigenvalue weighted by molar-refractivity contribution is 7.86. The molecule has 2 heterocycles. The van der Waals surface area contributed by atoms with Crippen molar-refractivity contribution >= 4 is 32.6 Å². The van der Waals surface area contributed by atoms with E-state index in [1.807, 2.05) is 0 Å². The van der Waals surface area contributed by atoms with E-state index in [1.54, 1.807) is 0 Å². The van der Waals surface area contributed by atoms with Crippen LogP contribution in [0.1, 0.15) is 6.42 Å². The molecule has 1 aliphatic rings. The third-order valence-electron chi connectivity index (χ3n) is 3.73. The molecule has 1 aromatic heterocycles. The first kappa shape index (κ1) is 15.4. The van der Waals surface area contributed by atoms with Crippen LogP contribution in [0.4, 0.5) is 9.57 Å². The van der Waals surface area contributed by atoms with Crippen LogP contribution in [0.5, 0.6) is 0 Å². The molecule has 1 atom stereocenters. The molecular weight excluding hydrogens is 329 g/mol. The zero-order valence-electron chi connectivity index (χ0n) is 11.7. The van der Waals surface area contributed by atoms with Crippen LogP contribution in [0.3, 0.4) is 0 Å². The van der Waals surface area contributed by atoms with E-state index in [1.165, 1.54) is 23.1 Å². The van der Waals surface area contributed by atoms with E-state index in [2.05, 4.69) is 10.2 Å². The van der Waals surface area contributed by atoms with E-state index < -0.39 is 38.9 Å². The molecule has 1 saturated heterocycles. The Kier molecular flexibility index (Phi) is 3.55. The molecule has 23 heavy (non-hydrogen) atoms. The summed E-state index contributed by atoms with van der Waals surface area (Å²) in [4.78, 5) is 37.1. The van der Waals surface area contributed by atoms with E-state index in [0.29, 0.717) is 0 Å². The monoisotopic (exact) mass is 341 g/mol. The molecule has 122 valence electrons. The summed E-state index contributed by atoms with van der Waals surface area (Å²) in [6.07, 6.45) is -0.138. The van der Waals surface area contributed by atoms with Gasteiger partial charge in [0.05, 0.1) is 22.2 Å². The first-order chi connectivity index (χ1) is 10.8. The topological polar surface area (TPSA) is 120 Å². The lowest BCUT2D eigenvalue weighted by Crippen LogP contribution is -2.28. The molecule has 1 amide bonds. The second-order valence-corrected chi connectivity index (χ2v) is 6.80. The number of nitrogens with one attached hydrogen (secondary N) is 2. The zero-order chi connectivity index (χ0) is 16.8. The summed E-state index contributed by atoms with van der Waals surface area (Å²) in [5.41, 5.74) is -0.890. The molecule has 0 saturated carbocycles. The third kappa shape index (κ3) is 2.89. The van der Waals surface area contributed by atoms with Crippen LogP contribution in [0.25, 0.3) is 10.8 Å². The van der Waals surface area contributed by atoms with Crippen LogP contribution < -0.4 is 16.0 Å². The fraction of sp³-hybridized carbons (Fsp3) is 0.308. The van der Waals surface area contributed by atoms with Crippen molar-refractivity contribution in [3.63, 3.8) is 0 Å². The smallest absolute Gasteiger partial charge is 0.302 e. The number of hydrogen-bond donors (Lipinski definition) is 2. The normalized spacial score (nSPS) is 18.7. The average Bonchev–Trinajstić information content (AvgIpc) is 2.81. The van der Waals surface area contributed by atoms with Gasteiger partial charge in [0.1, 0.15) is 0 Å². The largest absolute Gasteiger partial charge is 0.311 e. The third-order valence-corrected chi connectivity index (χ3v) is 4.60. The number of rotatable bonds is 3. The van der Waals surface area contributed by atoms with E-state index in [0.717, 1.165) is 0 Å². The molecule has 8 nitrogen and oxygen atoms in total. The van der Waals surface area contributed by atoms with Gasteiger partial charge < -0.3 is 4.90 Å². The molecule has 3 rings (SSSR count). The quantitative estimate of drug-likeness (QED) is 0.754. The summed E-state index contributed by atoms with van der Waals surface area (Å²) in [7, 11) is -4.70. The second-order valence-electron chi connectivity index (χ2n) is 5.39. The summed E-state index contributed by atoms with van der Waals surface area (Å²) in [5.74, 6) is -1.88. The molecule has 1 unspecified atom stereocenters. The van der Waals surface area contributed by atoms with Crippen LogP contribution in [-0.4, -0.2) is 36.8 Å². The molecule has 0 radical (unpaired) electrons. The standard InChI is InChI=1S/C13H12FN3O5S/c14-23(21,22)6-7-4-10(18)17(5-7)9-3-1-2-8-11(9)13(20)16-15-12(8)19/h1-3,7H,4-6H2,(H,15,19)(H,16,20). The van der Waals surface area contributed by atoms with Crippen LogP contribution >= 0.6 is 0 Å². The molecular formula is C13H12FN3O5S. The number of aromatic amines is 2. The average molecular weight is 341 g/mol. The number of benzene rings is 1. The van der Waals surface area contributed by atoms with Gasteiger partial charge in [-0.25, -0.2) is 0 Å². The Balaban J connectivity index is 2.08. The summed E-state index contributed by atoms with van der Waals surface area (Å²) >= 11 is 0. The summed E-state index contributed by atoms with van der Waals surface area (Å²) < 4.78 is 34.3. The SMILES string of the molecule is O=C1CC(CS(=O)(=O)F)CN1c1cccc2c(=O)[nH][nH]c(=O)c12. The highest BCUT2D eigenvalue weighted by Crippen LogP contribution is 2.29. The van der Waals surface area contributed by atoms with Crippen molar-refractivity contribution < 1.29 is 17.1 Å². The van der Waals surface area contributed by atoms with Crippen molar-refractivity contribution in [2.75, 3.05) is 17.2 Å². The Hall–Kier alpha value is -2.49. The molecule has 0 aliphatic carbocycles. The maximum Gasteiger partial charge on any atom is 0.302 e. The molecule has 1 aromatic carbocycles. The number of carbonyl (C=O) groups excluding carboxylic acids is 1. The number of H-pyrrole nitrogens is 2. The summed E-state index contributed by atoms with van der Waals surface area (Å²) in [5, 5.41) is 4.52. The summed E-state index contributed by atoms with van der Waals surface area (Å²) in [6, 6.07) is 4.44. The van der Waals surface area contributed by atoms with Gasteiger partial charge in [0.25, 0.3) is 11.1 Å². The predicted octanol–water partition coefficient (Wildman–Crippen LogP) is -0.131. The van der Waals surface area contributed by atoms with Gasteiger partial charge in [-0.1, -0.05) is 6.07 Å². The van der Waals surface area contributed by atoms with Crippen molar-refractivity contribution in [1.82, 2.24) is 10.2 Å². The number of amides is 1. The van der Waals surface area contributed by atoms with Gasteiger partial charge in [0.15, 0.2) is 0 Å². The highest BCUT2D eigenvalue weighted by atomic mass is 32.3. The summed E-state index contributed by atoms with van der Waals surface area (Å²) in [6.45, 7) is -0.0344. The van der Waals surface area contributed by atoms with Crippen molar-refractivity contribution in [1.29, 1.82) is 0 Å². The maximum atomic E-state index is 12.8. The Bertz CT molecular complexity index is 1010. The highest BCUT2D eigenvalue weighted by Gasteiger charge is 2.34. The fourth-order valence-corrected chi connectivity index (χ4v) is 3.63. The molecule has 2 N–H and O–H groups in total. The Morgan fingerprint density at radius 1 is 1.17 bits per heavy atom. The number of halogens is 1. The van der Waals surface area contributed by atoms with E-state index in [9.17, 15) is 26.7 Å². The van der Waals surface area contributed by atoms with Gasteiger partial charge >= 0.3 is 10.2 Å². The Morgan fingerprint density at radius 3 is 2.57 bits per heavy atom. The number of hydrogen-bond acceptors (Lipinski definition) is 5. The lowest BCUT2D eigenvalue weighted by Gasteiger charge is -2.18. The Labute approximate surface area is 129 Å². The number of aromatic nitrogens is 2. The van der Waals surface area contributed by atoms with Crippen LogP contribution in [-0.2, 0) is 15.0 Å². The lowest BCUT2D eigenvalue weighted by molar-refractivity contribution is -0.117. The van der Waals surface area contributed by atoms with E-state index in [-0.39, 0.29) is 29.4 Å². The maximum absolute atomic E-state index is 12.8. The first-order valence-corrected chi connectivity index (χ1v) is 8.28. The minimum absolute atomic E-state index is 0.0344. The lowest BCUT2D eigenvalue weighted by atomic mass is 10.1. The van der Waals surface area contributed by atoms with Gasteiger partial charge in [-0.05, 0) is 12.1 Å². The van der Waals surface area contributed by atoms with Crippen molar-refractivity contribution in [3.8, 4) is 0 Å². The van der Waals surface area contributed by atoms with Gasteiger partial charge in [-0.15, -0.1) is 3.89 Å². The van der Waals surface area contributed by atoms with Crippen LogP contribution in [0.2, 0.25) is 0 Å². The van der Waals surface area contributed by atoms with Crippen molar-refractivity contribution in [3.05, 3.63) is 38.9 Å². The van der Waals surface area contributed by atoms with Gasteiger partial charge in [0.2, 0.25) is 5.91 Å². The van der Waals surface area contributed by atoms with Gasteiger partial charge in [-0.2, -0.15) is 8.42 Å². The van der Waals surface area contributed by atoms with Gasteiger partial charge in [-0.3, -0.25) is 24.6 Å². The molecule has 0 spiro atoms. The second kappa shape index (κ2) is 5.30. The van der Waals surface area contributed by atoms with Crippen molar-refractivity contribution in [2.24, 2.45) is 5.92 Å². The van der Waals surface area contributed by atoms with Gasteiger partial charge in [0, 0.05) is 18.9 Å². The molecule has 1 aliphatic heterocycles. The molecule has 10 heteroatoms. The number of fused-ring (bicyclic) bond motifs is 1. The van der Waals surface area contributed by atoms with Crippen LogP contribution in [0.15, 0.2) is 27.8 Å². The van der Waals surface area contributed by atoms with Crippen molar-refractivity contribution in [2.45, 2.75) is 6.42 Å². The number of carbonyl (C=O) groups is 1. The first-order valence-electron chi connectivity index (χ1n) is 6.72. The minimum Gasteiger partial charge on any atom is -0.311 e. The molecule has 0 bridgehead atoms. The van der Waals surface area contributed by atoms with E-state index in [4.69, 9.17) is 0 Å². The molecule has 2 aromatic rings. The Morgan fingerprint density at radius 2 is 1.87 bits per heavy atom. The predicted molar refractivity (Wildman–Crippen MR) is 80.5 cm³/mol. The van der Waals surface area contributed by atoms with Crippen LogP contribution in [0, 0.1) is 5.92 Å². The molecule has 1 fully saturated rings.